The number of nitrogens with zero attached hydrogens (tertiary/aromatic N) is 3. The number of likely N-dealkylation sites (N-methyl/N-ethyl adjacent to an activating group) is 1. The molecule has 0 amide bonds. The molecule has 0 aliphatic heterocycles. The average Bonchev–Trinajstić information content (AvgIpc) is 2.20. The summed E-state index contributed by atoms with van der Waals surface area (Å²) in [5.41, 5.74) is 5.83. The third-order valence-corrected chi connectivity index (χ3v) is 2.50. The van der Waals surface area contributed by atoms with Crippen molar-refractivity contribution in [1.82, 2.24) is 14.9 Å². The number of nitrogens with two attached hydrogens (primary N) is 1. The molecule has 19 heavy (non-hydrogen) atoms. The second kappa shape index (κ2) is 6.16. The van der Waals surface area contributed by atoms with E-state index in [1.54, 1.807) is 11.9 Å². The summed E-state index contributed by atoms with van der Waals surface area (Å²) in [6.45, 7) is 5.99. The van der Waals surface area contributed by atoms with Crippen molar-refractivity contribution in [2.45, 2.75) is 32.9 Å². The van der Waals surface area contributed by atoms with E-state index in [4.69, 9.17) is 22.1 Å². The van der Waals surface area contributed by atoms with Gasteiger partial charge in [-0.05, 0) is 27.8 Å². The molecule has 1 aromatic heterocycles. The molecule has 7 heteroatoms. The highest BCUT2D eigenvalue weighted by molar-refractivity contribution is 6.30. The minimum Gasteiger partial charge on any atom is -0.459 e. The maximum absolute atomic E-state index is 11.7. The topological polar surface area (TPSA) is 81.3 Å². The lowest BCUT2D eigenvalue weighted by Gasteiger charge is -2.22. The van der Waals surface area contributed by atoms with Crippen molar-refractivity contribution in [3.63, 3.8) is 0 Å². The number of nitrogen functional groups attached to an aromatic ring is 1. The van der Waals surface area contributed by atoms with Crippen molar-refractivity contribution in [1.29, 1.82) is 0 Å². The number of carbonyl (C=O) groups is 1. The number of rotatable bonds is 4. The Labute approximate surface area is 117 Å². The van der Waals surface area contributed by atoms with E-state index in [9.17, 15) is 4.79 Å². The minimum atomic E-state index is -0.496. The molecule has 0 saturated heterocycles. The number of ether oxygens (including phenoxy) is 1. The SMILES string of the molecule is CN(CC(=O)OC(C)(C)C)Cc1c(N)ncnc1Cl. The van der Waals surface area contributed by atoms with Crippen LogP contribution in [0.4, 0.5) is 5.82 Å². The fourth-order valence-corrected chi connectivity index (χ4v) is 1.67. The largest absolute Gasteiger partial charge is 0.459 e. The van der Waals surface area contributed by atoms with E-state index < -0.39 is 5.60 Å². The van der Waals surface area contributed by atoms with Gasteiger partial charge in [-0.1, -0.05) is 11.6 Å². The van der Waals surface area contributed by atoms with Gasteiger partial charge in [0, 0.05) is 12.1 Å². The zero-order valence-electron chi connectivity index (χ0n) is 11.6. The summed E-state index contributed by atoms with van der Waals surface area (Å²) >= 11 is 5.94. The fourth-order valence-electron chi connectivity index (χ4n) is 1.47. The van der Waals surface area contributed by atoms with Gasteiger partial charge in [-0.3, -0.25) is 9.69 Å². The maximum atomic E-state index is 11.7. The number of hydrogen-bond donors (Lipinski definition) is 1. The summed E-state index contributed by atoms with van der Waals surface area (Å²) in [5, 5.41) is 0.295. The fraction of sp³-hybridized carbons (Fsp3) is 0.583. The smallest absolute Gasteiger partial charge is 0.320 e. The van der Waals surface area contributed by atoms with E-state index >= 15 is 0 Å². The minimum absolute atomic E-state index is 0.141. The van der Waals surface area contributed by atoms with Gasteiger partial charge in [-0.25, -0.2) is 9.97 Å². The highest BCUT2D eigenvalue weighted by atomic mass is 35.5. The molecule has 0 fully saturated rings. The summed E-state index contributed by atoms with van der Waals surface area (Å²) in [6, 6.07) is 0. The van der Waals surface area contributed by atoms with Crippen LogP contribution in [-0.2, 0) is 16.1 Å². The van der Waals surface area contributed by atoms with Gasteiger partial charge < -0.3 is 10.5 Å². The first-order valence-corrected chi connectivity index (χ1v) is 6.22. The molecule has 0 saturated carbocycles. The second-order valence-electron chi connectivity index (χ2n) is 5.29. The first kappa shape index (κ1) is 15.7. The van der Waals surface area contributed by atoms with Crippen molar-refractivity contribution >= 4 is 23.4 Å². The third kappa shape index (κ3) is 5.40. The maximum Gasteiger partial charge on any atom is 0.320 e. The van der Waals surface area contributed by atoms with Crippen LogP contribution >= 0.6 is 11.6 Å². The Morgan fingerprint density at radius 1 is 1.47 bits per heavy atom. The monoisotopic (exact) mass is 286 g/mol. The molecule has 6 nitrogen and oxygen atoms in total. The molecule has 0 unspecified atom stereocenters. The Hall–Kier alpha value is -1.40. The number of carbonyl (C=O) groups excluding carboxylic acids is 1. The van der Waals surface area contributed by atoms with Crippen molar-refractivity contribution in [3.05, 3.63) is 17.0 Å². The third-order valence-electron chi connectivity index (χ3n) is 2.17. The lowest BCUT2D eigenvalue weighted by atomic mass is 10.2. The average molecular weight is 287 g/mol. The van der Waals surface area contributed by atoms with E-state index in [1.807, 2.05) is 20.8 Å². The van der Waals surface area contributed by atoms with E-state index in [1.165, 1.54) is 6.33 Å². The summed E-state index contributed by atoms with van der Waals surface area (Å²) in [7, 11) is 1.77. The predicted octanol–water partition coefficient (Wildman–Crippen LogP) is 1.49. The molecular weight excluding hydrogens is 268 g/mol. The highest BCUT2D eigenvalue weighted by Crippen LogP contribution is 2.18. The van der Waals surface area contributed by atoms with Gasteiger partial charge in [0.25, 0.3) is 0 Å². The molecule has 0 bridgehead atoms. The Morgan fingerprint density at radius 3 is 2.63 bits per heavy atom. The van der Waals surface area contributed by atoms with Gasteiger partial charge >= 0.3 is 5.97 Å². The van der Waals surface area contributed by atoms with Gasteiger partial charge in [-0.2, -0.15) is 0 Å². The van der Waals surface area contributed by atoms with E-state index in [0.29, 0.717) is 23.1 Å². The molecule has 1 aromatic rings. The Kier molecular flexibility index (Phi) is 5.08. The summed E-state index contributed by atoms with van der Waals surface area (Å²) < 4.78 is 5.23. The van der Waals surface area contributed by atoms with Crippen LogP contribution in [0, 0.1) is 0 Å². The van der Waals surface area contributed by atoms with Crippen molar-refractivity contribution < 1.29 is 9.53 Å². The zero-order chi connectivity index (χ0) is 14.6. The number of esters is 1. The van der Waals surface area contributed by atoms with E-state index in [0.717, 1.165) is 0 Å². The molecular formula is C12H19ClN4O2. The molecule has 0 aliphatic rings. The number of aromatic nitrogens is 2. The van der Waals surface area contributed by atoms with Crippen LogP contribution in [0.25, 0.3) is 0 Å². The van der Waals surface area contributed by atoms with Crippen LogP contribution in [0.5, 0.6) is 0 Å². The van der Waals surface area contributed by atoms with Gasteiger partial charge in [-0.15, -0.1) is 0 Å². The lowest BCUT2D eigenvalue weighted by Crippen LogP contribution is -2.32. The van der Waals surface area contributed by atoms with Crippen LogP contribution in [0.1, 0.15) is 26.3 Å². The number of anilines is 1. The lowest BCUT2D eigenvalue weighted by molar-refractivity contribution is -0.155. The zero-order valence-corrected chi connectivity index (χ0v) is 12.4. The van der Waals surface area contributed by atoms with Gasteiger partial charge in [0.05, 0.1) is 6.54 Å². The van der Waals surface area contributed by atoms with Gasteiger partial charge in [0.15, 0.2) is 0 Å². The second-order valence-corrected chi connectivity index (χ2v) is 5.65. The molecule has 0 atom stereocenters. The van der Waals surface area contributed by atoms with Crippen LogP contribution in [-0.4, -0.2) is 40.0 Å². The predicted molar refractivity (Wildman–Crippen MR) is 73.6 cm³/mol. The van der Waals surface area contributed by atoms with Crippen LogP contribution < -0.4 is 5.73 Å². The van der Waals surface area contributed by atoms with Crippen LogP contribution in [0.15, 0.2) is 6.33 Å². The Morgan fingerprint density at radius 2 is 2.11 bits per heavy atom. The van der Waals surface area contributed by atoms with Crippen molar-refractivity contribution in [2.24, 2.45) is 0 Å². The normalized spacial score (nSPS) is 11.7. The van der Waals surface area contributed by atoms with Crippen molar-refractivity contribution in [3.8, 4) is 0 Å². The van der Waals surface area contributed by atoms with Crippen molar-refractivity contribution in [2.75, 3.05) is 19.3 Å². The first-order valence-electron chi connectivity index (χ1n) is 5.84. The molecule has 1 heterocycles. The number of hydrogen-bond acceptors (Lipinski definition) is 6. The molecule has 106 valence electrons. The quantitative estimate of drug-likeness (QED) is 0.667. The number of halogens is 1. The molecule has 0 aliphatic carbocycles. The van der Waals surface area contributed by atoms with Crippen LogP contribution in [0.3, 0.4) is 0 Å². The molecule has 1 rings (SSSR count). The standard InChI is InChI=1S/C12H19ClN4O2/c1-12(2,3)19-9(18)6-17(4)5-8-10(13)15-7-16-11(8)14/h7H,5-6H2,1-4H3,(H2,14,15,16). The molecule has 0 radical (unpaired) electrons. The highest BCUT2D eigenvalue weighted by Gasteiger charge is 2.18. The Balaban J connectivity index is 2.61. The van der Waals surface area contributed by atoms with Crippen LogP contribution in [0.2, 0.25) is 5.15 Å². The van der Waals surface area contributed by atoms with Gasteiger partial charge in [0.1, 0.15) is 22.9 Å². The molecule has 0 aromatic carbocycles. The Bertz CT molecular complexity index is 439. The van der Waals surface area contributed by atoms with Gasteiger partial charge in [0.2, 0.25) is 0 Å². The van der Waals surface area contributed by atoms with E-state index in [-0.39, 0.29) is 12.5 Å². The summed E-state index contributed by atoms with van der Waals surface area (Å²) in [5.74, 6) is 0.0117. The summed E-state index contributed by atoms with van der Waals surface area (Å²) in [6.07, 6.45) is 1.30. The molecule has 0 spiro atoms. The van der Waals surface area contributed by atoms with E-state index in [2.05, 4.69) is 9.97 Å². The molecule has 2 N–H and O–H groups in total. The first-order chi connectivity index (χ1) is 8.69. The summed E-state index contributed by atoms with van der Waals surface area (Å²) in [4.78, 5) is 21.1.